The highest BCUT2D eigenvalue weighted by molar-refractivity contribution is 8.00. The summed E-state index contributed by atoms with van der Waals surface area (Å²) < 4.78 is 0. The number of fused-ring (bicyclic) bond motifs is 1. The van der Waals surface area contributed by atoms with Crippen LogP contribution in [0.25, 0.3) is 0 Å². The van der Waals surface area contributed by atoms with E-state index in [-0.39, 0.29) is 23.8 Å². The summed E-state index contributed by atoms with van der Waals surface area (Å²) in [7, 11) is 0. The average molecular weight is 354 g/mol. The Balaban J connectivity index is 1.83. The number of hydrogen-bond acceptors (Lipinski definition) is 3. The molecule has 2 atom stereocenters. The van der Waals surface area contributed by atoms with Gasteiger partial charge in [0.1, 0.15) is 0 Å². The molecular weight excluding hydrogens is 332 g/mol. The van der Waals surface area contributed by atoms with Crippen molar-refractivity contribution in [2.24, 2.45) is 5.73 Å². The zero-order valence-corrected chi connectivity index (χ0v) is 15.3. The number of benzene rings is 2. The van der Waals surface area contributed by atoms with Gasteiger partial charge in [0.05, 0.1) is 11.7 Å². The lowest BCUT2D eigenvalue weighted by Crippen LogP contribution is -2.46. The quantitative estimate of drug-likeness (QED) is 0.855. The van der Waals surface area contributed by atoms with E-state index in [1.165, 1.54) is 5.56 Å². The molecular formula is C20H22N2O2S. The number of primary amides is 1. The maximum atomic E-state index is 12.9. The Labute approximate surface area is 152 Å². The maximum absolute atomic E-state index is 12.9. The molecule has 0 saturated carbocycles. The molecule has 25 heavy (non-hydrogen) atoms. The van der Waals surface area contributed by atoms with Crippen LogP contribution in [0.3, 0.4) is 0 Å². The van der Waals surface area contributed by atoms with Crippen molar-refractivity contribution in [3.8, 4) is 0 Å². The molecule has 0 spiro atoms. The summed E-state index contributed by atoms with van der Waals surface area (Å²) in [5.74, 6) is -0.249. The Hall–Kier alpha value is -2.27. The van der Waals surface area contributed by atoms with Gasteiger partial charge in [0.2, 0.25) is 11.8 Å². The summed E-state index contributed by atoms with van der Waals surface area (Å²) in [6.45, 7) is 4.02. The van der Waals surface area contributed by atoms with E-state index in [1.807, 2.05) is 67.3 Å². The number of thioether (sulfide) groups is 1. The monoisotopic (exact) mass is 354 g/mol. The van der Waals surface area contributed by atoms with Crippen LogP contribution in [0.1, 0.15) is 30.4 Å². The third-order valence-electron chi connectivity index (χ3n) is 4.65. The minimum Gasteiger partial charge on any atom is -0.369 e. The maximum Gasteiger partial charge on any atom is 0.237 e. The zero-order chi connectivity index (χ0) is 18.0. The summed E-state index contributed by atoms with van der Waals surface area (Å²) in [6, 6.07) is 15.6. The number of anilines is 1. The summed E-state index contributed by atoms with van der Waals surface area (Å²) in [5, 5.41) is 0. The molecule has 2 aromatic rings. The van der Waals surface area contributed by atoms with Gasteiger partial charge in [-0.15, -0.1) is 11.8 Å². The molecule has 2 N–H and O–H groups in total. The van der Waals surface area contributed by atoms with E-state index in [1.54, 1.807) is 11.8 Å². The minimum absolute atomic E-state index is 0.0520. The van der Waals surface area contributed by atoms with Gasteiger partial charge in [-0.3, -0.25) is 9.59 Å². The summed E-state index contributed by atoms with van der Waals surface area (Å²) in [5.41, 5.74) is 8.39. The molecule has 2 amide bonds. The predicted molar refractivity (Wildman–Crippen MR) is 102 cm³/mol. The lowest BCUT2D eigenvalue weighted by Gasteiger charge is -2.38. The van der Waals surface area contributed by atoms with E-state index in [9.17, 15) is 9.59 Å². The van der Waals surface area contributed by atoms with Crippen molar-refractivity contribution in [3.63, 3.8) is 0 Å². The normalized spacial score (nSPS) is 19.4. The van der Waals surface area contributed by atoms with E-state index in [0.717, 1.165) is 16.1 Å². The van der Waals surface area contributed by atoms with Crippen molar-refractivity contribution < 1.29 is 9.59 Å². The molecule has 2 aromatic carbocycles. The Morgan fingerprint density at radius 3 is 2.56 bits per heavy atom. The first-order chi connectivity index (χ1) is 12.0. The number of amides is 2. The van der Waals surface area contributed by atoms with Crippen LogP contribution >= 0.6 is 11.8 Å². The first-order valence-electron chi connectivity index (χ1n) is 8.37. The molecule has 1 heterocycles. The van der Waals surface area contributed by atoms with Crippen LogP contribution in [-0.4, -0.2) is 23.6 Å². The highest BCUT2D eigenvalue weighted by Gasteiger charge is 2.35. The van der Waals surface area contributed by atoms with Gasteiger partial charge < -0.3 is 10.6 Å². The standard InChI is InChI=1S/C20H22N2O2S/c1-13-7-3-6-10-18(13)25-12-19(23)22-14(2)11-16(20(21)24)15-8-4-5-9-17(15)22/h3-10,14,16H,11-12H2,1-2H3,(H2,21,24)/t14-,16-/m0/s1. The van der Waals surface area contributed by atoms with Crippen molar-refractivity contribution in [3.05, 3.63) is 59.7 Å². The second-order valence-electron chi connectivity index (χ2n) is 6.42. The topological polar surface area (TPSA) is 63.4 Å². The van der Waals surface area contributed by atoms with E-state index < -0.39 is 0 Å². The fourth-order valence-electron chi connectivity index (χ4n) is 3.39. The number of nitrogens with zero attached hydrogens (tertiary/aromatic N) is 1. The van der Waals surface area contributed by atoms with Crippen LogP contribution < -0.4 is 10.6 Å². The molecule has 0 unspecified atom stereocenters. The van der Waals surface area contributed by atoms with Gasteiger partial charge >= 0.3 is 0 Å². The first kappa shape index (κ1) is 17.5. The second kappa shape index (κ2) is 7.31. The zero-order valence-electron chi connectivity index (χ0n) is 14.4. The Bertz CT molecular complexity index is 806. The highest BCUT2D eigenvalue weighted by atomic mass is 32.2. The molecule has 0 saturated heterocycles. The molecule has 4 nitrogen and oxygen atoms in total. The third kappa shape index (κ3) is 3.56. The SMILES string of the molecule is Cc1ccccc1SCC(=O)N1c2ccccc2[C@@H](C(N)=O)C[C@@H]1C. The third-order valence-corrected chi connectivity index (χ3v) is 5.81. The van der Waals surface area contributed by atoms with Crippen molar-refractivity contribution in [1.29, 1.82) is 0 Å². The van der Waals surface area contributed by atoms with Gasteiger partial charge in [-0.25, -0.2) is 0 Å². The second-order valence-corrected chi connectivity index (χ2v) is 7.43. The number of hydrogen-bond donors (Lipinski definition) is 1. The fraction of sp³-hybridized carbons (Fsp3) is 0.300. The van der Waals surface area contributed by atoms with Crippen molar-refractivity contribution in [2.45, 2.75) is 37.1 Å². The molecule has 3 rings (SSSR count). The number of carbonyl (C=O) groups excluding carboxylic acids is 2. The van der Waals surface area contributed by atoms with Crippen LogP contribution in [0.15, 0.2) is 53.4 Å². The molecule has 0 aromatic heterocycles. The lowest BCUT2D eigenvalue weighted by molar-refractivity contribution is -0.121. The molecule has 1 aliphatic heterocycles. The fourth-order valence-corrected chi connectivity index (χ4v) is 4.28. The molecule has 1 aliphatic rings. The summed E-state index contributed by atoms with van der Waals surface area (Å²) >= 11 is 1.55. The number of aryl methyl sites for hydroxylation is 1. The smallest absolute Gasteiger partial charge is 0.237 e. The van der Waals surface area contributed by atoms with E-state index in [4.69, 9.17) is 5.73 Å². The number of rotatable bonds is 4. The van der Waals surface area contributed by atoms with Gasteiger partial charge in [-0.05, 0) is 43.5 Å². The summed E-state index contributed by atoms with van der Waals surface area (Å²) in [4.78, 5) is 27.7. The number of carbonyl (C=O) groups is 2. The van der Waals surface area contributed by atoms with Gasteiger partial charge in [0.25, 0.3) is 0 Å². The van der Waals surface area contributed by atoms with Crippen LogP contribution in [0.5, 0.6) is 0 Å². The predicted octanol–water partition coefficient (Wildman–Crippen LogP) is 3.48. The van der Waals surface area contributed by atoms with E-state index >= 15 is 0 Å². The molecule has 0 radical (unpaired) electrons. The van der Waals surface area contributed by atoms with Gasteiger partial charge in [-0.2, -0.15) is 0 Å². The van der Waals surface area contributed by atoms with Crippen LogP contribution in [0.2, 0.25) is 0 Å². The Morgan fingerprint density at radius 2 is 1.84 bits per heavy atom. The largest absolute Gasteiger partial charge is 0.369 e. The van der Waals surface area contributed by atoms with Crippen LogP contribution in [0, 0.1) is 6.92 Å². The van der Waals surface area contributed by atoms with Gasteiger partial charge in [0.15, 0.2) is 0 Å². The first-order valence-corrected chi connectivity index (χ1v) is 9.36. The Kier molecular flexibility index (Phi) is 5.13. The van der Waals surface area contributed by atoms with Crippen molar-refractivity contribution >= 4 is 29.3 Å². The van der Waals surface area contributed by atoms with E-state index in [2.05, 4.69) is 0 Å². The molecule has 130 valence electrons. The van der Waals surface area contributed by atoms with Gasteiger partial charge in [-0.1, -0.05) is 36.4 Å². The highest BCUT2D eigenvalue weighted by Crippen LogP contribution is 2.38. The van der Waals surface area contributed by atoms with E-state index in [0.29, 0.717) is 12.2 Å². The molecule has 0 aliphatic carbocycles. The minimum atomic E-state index is -0.334. The average Bonchev–Trinajstić information content (AvgIpc) is 2.60. The Morgan fingerprint density at radius 1 is 1.16 bits per heavy atom. The van der Waals surface area contributed by atoms with Crippen LogP contribution in [-0.2, 0) is 9.59 Å². The van der Waals surface area contributed by atoms with Crippen molar-refractivity contribution in [1.82, 2.24) is 0 Å². The molecule has 5 heteroatoms. The van der Waals surface area contributed by atoms with Crippen LogP contribution in [0.4, 0.5) is 5.69 Å². The lowest BCUT2D eigenvalue weighted by atomic mass is 9.85. The molecule has 0 bridgehead atoms. The summed E-state index contributed by atoms with van der Waals surface area (Å²) in [6.07, 6.45) is 0.563. The number of para-hydroxylation sites is 1. The van der Waals surface area contributed by atoms with Gasteiger partial charge in [0, 0.05) is 16.6 Å². The van der Waals surface area contributed by atoms with Crippen molar-refractivity contribution in [2.75, 3.05) is 10.7 Å². The number of nitrogens with two attached hydrogens (primary N) is 1. The molecule has 0 fully saturated rings.